The Labute approximate surface area is 225 Å². The van der Waals surface area contributed by atoms with Crippen molar-refractivity contribution in [3.8, 4) is 40.8 Å². The largest absolute Gasteiger partial charge is 0.493 e. The molecule has 0 aliphatic carbocycles. The van der Waals surface area contributed by atoms with E-state index in [1.54, 1.807) is 49.4 Å². The first kappa shape index (κ1) is 26.8. The monoisotopic (exact) mass is 538 g/mol. The van der Waals surface area contributed by atoms with Gasteiger partial charge in [-0.15, -0.1) is 10.2 Å². The smallest absolute Gasteiger partial charge is 0.261 e. The molecule has 1 heterocycles. The normalized spacial score (nSPS) is 11.9. The minimum Gasteiger partial charge on any atom is -0.493 e. The van der Waals surface area contributed by atoms with Crippen LogP contribution in [0.4, 0.5) is 5.69 Å². The number of hydrogen-bond acceptors (Lipinski definition) is 9. The molecule has 4 rings (SSSR count). The molecular weight excluding hydrogens is 516 g/mol. The number of hydrogen-bond donors (Lipinski definition) is 2. The summed E-state index contributed by atoms with van der Waals surface area (Å²) in [4.78, 5) is 13.9. The third-order valence-electron chi connectivity index (χ3n) is 5.74. The maximum absolute atomic E-state index is 13.7. The van der Waals surface area contributed by atoms with Gasteiger partial charge in [-0.2, -0.15) is 10.5 Å². The molecule has 1 atom stereocenters. The number of ether oxygens (including phenoxy) is 2. The highest BCUT2D eigenvalue weighted by molar-refractivity contribution is 7.91. The van der Waals surface area contributed by atoms with E-state index in [4.69, 9.17) is 19.5 Å². The SMILES string of the molecule is COc1cc(C#N)ccc1Oc1nnc(-c2ccc(C#N)cc2)c(C)c1C(=O)Nc1cccc([S@@](C)(=N)=O)c1. The number of aromatic nitrogens is 2. The lowest BCUT2D eigenvalue weighted by molar-refractivity contribution is 0.102. The molecule has 0 fully saturated rings. The lowest BCUT2D eigenvalue weighted by Crippen LogP contribution is -2.17. The summed E-state index contributed by atoms with van der Waals surface area (Å²) >= 11 is 0. The predicted molar refractivity (Wildman–Crippen MR) is 144 cm³/mol. The number of carbonyl (C=O) groups excluding carboxylic acids is 1. The van der Waals surface area contributed by atoms with Crippen LogP contribution in [0.25, 0.3) is 11.3 Å². The molecule has 39 heavy (non-hydrogen) atoms. The highest BCUT2D eigenvalue weighted by Gasteiger charge is 2.24. The van der Waals surface area contributed by atoms with E-state index in [1.165, 1.54) is 37.6 Å². The van der Waals surface area contributed by atoms with Crippen LogP contribution in [0.2, 0.25) is 0 Å². The van der Waals surface area contributed by atoms with Crippen LogP contribution in [0.3, 0.4) is 0 Å². The van der Waals surface area contributed by atoms with Gasteiger partial charge in [0.15, 0.2) is 11.5 Å². The molecule has 11 heteroatoms. The van der Waals surface area contributed by atoms with Gasteiger partial charge in [0.2, 0.25) is 0 Å². The Bertz CT molecular complexity index is 1770. The number of rotatable bonds is 7. The Morgan fingerprint density at radius 3 is 2.31 bits per heavy atom. The molecule has 10 nitrogen and oxygen atoms in total. The molecule has 0 saturated heterocycles. The van der Waals surface area contributed by atoms with Crippen LogP contribution in [-0.2, 0) is 9.73 Å². The van der Waals surface area contributed by atoms with Gasteiger partial charge in [-0.1, -0.05) is 18.2 Å². The molecule has 0 aliphatic heterocycles. The molecule has 4 aromatic rings. The molecule has 3 aromatic carbocycles. The zero-order valence-electron chi connectivity index (χ0n) is 21.2. The molecule has 0 saturated carbocycles. The molecule has 2 N–H and O–H groups in total. The standard InChI is InChI=1S/C28H22N6O4S/c1-17-25(27(35)32-21-5-4-6-22(14-21)39(3,31)36)28(38-23-12-9-19(16-30)13-24(23)37-2)34-33-26(17)20-10-7-18(15-29)8-11-20/h4-14,31H,1-3H3,(H,32,35)/t39-/m0/s1. The van der Waals surface area contributed by atoms with E-state index in [2.05, 4.69) is 21.6 Å². The van der Waals surface area contributed by atoms with Crippen molar-refractivity contribution < 1.29 is 18.5 Å². The van der Waals surface area contributed by atoms with Gasteiger partial charge >= 0.3 is 0 Å². The van der Waals surface area contributed by atoms with Crippen molar-refractivity contribution in [1.29, 1.82) is 15.3 Å². The van der Waals surface area contributed by atoms with Crippen LogP contribution in [0.1, 0.15) is 27.0 Å². The molecule has 0 radical (unpaired) electrons. The molecule has 0 spiro atoms. The van der Waals surface area contributed by atoms with Crippen molar-refractivity contribution in [2.75, 3.05) is 18.7 Å². The fourth-order valence-electron chi connectivity index (χ4n) is 3.75. The van der Waals surface area contributed by atoms with E-state index in [0.29, 0.717) is 33.6 Å². The summed E-state index contributed by atoms with van der Waals surface area (Å²) in [5.41, 5.74) is 2.72. The summed E-state index contributed by atoms with van der Waals surface area (Å²) in [7, 11) is -1.58. The minimum atomic E-state index is -3.00. The predicted octanol–water partition coefficient (Wildman–Crippen LogP) is 5.28. The Balaban J connectivity index is 1.82. The van der Waals surface area contributed by atoms with Gasteiger partial charge in [0.1, 0.15) is 5.56 Å². The number of nitrogens with zero attached hydrogens (tertiary/aromatic N) is 4. The summed E-state index contributed by atoms with van der Waals surface area (Å²) in [5, 5.41) is 29.6. The van der Waals surface area contributed by atoms with Gasteiger partial charge in [0.05, 0.1) is 45.8 Å². The number of methoxy groups -OCH3 is 1. The highest BCUT2D eigenvalue weighted by Crippen LogP contribution is 2.35. The number of amides is 1. The van der Waals surface area contributed by atoms with Gasteiger partial charge in [-0.25, -0.2) is 8.99 Å². The fourth-order valence-corrected chi connectivity index (χ4v) is 4.44. The number of benzene rings is 3. The summed E-state index contributed by atoms with van der Waals surface area (Å²) in [6.07, 6.45) is 1.30. The highest BCUT2D eigenvalue weighted by atomic mass is 32.2. The zero-order chi connectivity index (χ0) is 28.2. The van der Waals surface area contributed by atoms with E-state index in [0.717, 1.165) is 0 Å². The van der Waals surface area contributed by atoms with Crippen molar-refractivity contribution in [3.63, 3.8) is 0 Å². The average Bonchev–Trinajstić information content (AvgIpc) is 2.93. The van der Waals surface area contributed by atoms with E-state index in [1.807, 2.05) is 6.07 Å². The third kappa shape index (κ3) is 5.85. The molecule has 0 aliphatic rings. The average molecular weight is 539 g/mol. The quantitative estimate of drug-likeness (QED) is 0.321. The van der Waals surface area contributed by atoms with Gasteiger partial charge in [0, 0.05) is 28.5 Å². The Morgan fingerprint density at radius 1 is 0.974 bits per heavy atom. The molecule has 1 aromatic heterocycles. The van der Waals surface area contributed by atoms with Crippen LogP contribution in [0.15, 0.2) is 71.6 Å². The van der Waals surface area contributed by atoms with Crippen LogP contribution in [-0.4, -0.2) is 33.7 Å². The molecule has 194 valence electrons. The lowest BCUT2D eigenvalue weighted by atomic mass is 10.0. The van der Waals surface area contributed by atoms with E-state index in [-0.39, 0.29) is 27.8 Å². The van der Waals surface area contributed by atoms with Crippen molar-refractivity contribution in [1.82, 2.24) is 10.2 Å². The second-order valence-corrected chi connectivity index (χ2v) is 10.6. The Hall–Kier alpha value is -5.26. The number of nitriles is 2. The summed E-state index contributed by atoms with van der Waals surface area (Å²) in [6, 6.07) is 21.6. The van der Waals surface area contributed by atoms with Crippen LogP contribution in [0.5, 0.6) is 17.4 Å². The van der Waals surface area contributed by atoms with E-state index < -0.39 is 15.6 Å². The number of nitrogens with one attached hydrogen (secondary N) is 2. The summed E-state index contributed by atoms with van der Waals surface area (Å²) in [6.45, 7) is 1.69. The van der Waals surface area contributed by atoms with Crippen LogP contribution in [0, 0.1) is 34.4 Å². The topological polar surface area (TPSA) is 162 Å². The van der Waals surface area contributed by atoms with Gasteiger partial charge in [0.25, 0.3) is 11.8 Å². The summed E-state index contributed by atoms with van der Waals surface area (Å²) < 4.78 is 31.4. The van der Waals surface area contributed by atoms with Crippen molar-refractivity contribution in [2.24, 2.45) is 0 Å². The van der Waals surface area contributed by atoms with Gasteiger partial charge in [-0.3, -0.25) is 4.79 Å². The molecule has 0 bridgehead atoms. The Kier molecular flexibility index (Phi) is 7.56. The molecular formula is C28H22N6O4S. The minimum absolute atomic E-state index is 0.0734. The molecule has 0 unspecified atom stereocenters. The van der Waals surface area contributed by atoms with Crippen LogP contribution >= 0.6 is 0 Å². The first-order chi connectivity index (χ1) is 18.6. The second-order valence-electron chi connectivity index (χ2n) is 8.45. The maximum Gasteiger partial charge on any atom is 0.261 e. The van der Waals surface area contributed by atoms with E-state index in [9.17, 15) is 14.3 Å². The third-order valence-corrected chi connectivity index (χ3v) is 6.89. The van der Waals surface area contributed by atoms with Crippen molar-refractivity contribution in [3.05, 3.63) is 89.0 Å². The first-order valence-electron chi connectivity index (χ1n) is 11.4. The van der Waals surface area contributed by atoms with Crippen LogP contribution < -0.4 is 14.8 Å². The second kappa shape index (κ2) is 11.0. The van der Waals surface area contributed by atoms with Gasteiger partial charge < -0.3 is 14.8 Å². The van der Waals surface area contributed by atoms with Crippen molar-refractivity contribution >= 4 is 21.3 Å². The lowest BCUT2D eigenvalue weighted by Gasteiger charge is -2.16. The van der Waals surface area contributed by atoms with Crippen molar-refractivity contribution in [2.45, 2.75) is 11.8 Å². The summed E-state index contributed by atoms with van der Waals surface area (Å²) in [5.74, 6) is -0.213. The number of anilines is 1. The fraction of sp³-hybridized carbons (Fsp3) is 0.107. The maximum atomic E-state index is 13.7. The van der Waals surface area contributed by atoms with E-state index >= 15 is 0 Å². The zero-order valence-corrected chi connectivity index (χ0v) is 22.0. The number of carbonyl (C=O) groups is 1. The first-order valence-corrected chi connectivity index (χ1v) is 13.4. The molecule has 1 amide bonds. The van der Waals surface area contributed by atoms with Gasteiger partial charge in [-0.05, 0) is 55.0 Å². The Morgan fingerprint density at radius 2 is 1.67 bits per heavy atom.